The van der Waals surface area contributed by atoms with Crippen molar-refractivity contribution in [3.05, 3.63) is 28.8 Å². The molecule has 1 fully saturated rings. The van der Waals surface area contributed by atoms with Gasteiger partial charge in [0, 0.05) is 15.9 Å². The quantitative estimate of drug-likeness (QED) is 0.726. The van der Waals surface area contributed by atoms with E-state index in [2.05, 4.69) is 15.9 Å². The maximum Gasteiger partial charge on any atom is 0.123 e. The van der Waals surface area contributed by atoms with Gasteiger partial charge >= 0.3 is 0 Å². The standard InChI is InChI=1S/C13H16BrClO/c14-8-11-7-12(15)5-6-13(11)16-9-10-3-1-2-4-10/h5-7,10H,1-4,8-9H2. The first-order chi connectivity index (χ1) is 7.79. The molecule has 1 aromatic carbocycles. The van der Waals surface area contributed by atoms with E-state index < -0.39 is 0 Å². The largest absolute Gasteiger partial charge is 0.493 e. The van der Waals surface area contributed by atoms with Gasteiger partial charge in [0.1, 0.15) is 5.75 Å². The monoisotopic (exact) mass is 302 g/mol. The molecular weight excluding hydrogens is 287 g/mol. The van der Waals surface area contributed by atoms with Crippen LogP contribution in [0.3, 0.4) is 0 Å². The van der Waals surface area contributed by atoms with E-state index in [9.17, 15) is 0 Å². The van der Waals surface area contributed by atoms with E-state index >= 15 is 0 Å². The first-order valence-corrected chi connectivity index (χ1v) is 7.26. The Bertz CT molecular complexity index is 348. The van der Waals surface area contributed by atoms with Gasteiger partial charge in [-0.2, -0.15) is 0 Å². The van der Waals surface area contributed by atoms with Crippen LogP contribution in [0.2, 0.25) is 5.02 Å². The first-order valence-electron chi connectivity index (χ1n) is 5.77. The van der Waals surface area contributed by atoms with Gasteiger partial charge in [-0.05, 0) is 37.0 Å². The molecule has 1 aliphatic rings. The van der Waals surface area contributed by atoms with E-state index in [1.165, 1.54) is 25.7 Å². The summed E-state index contributed by atoms with van der Waals surface area (Å²) in [6.45, 7) is 0.849. The Kier molecular flexibility index (Phi) is 4.54. The molecule has 0 unspecified atom stereocenters. The van der Waals surface area contributed by atoms with E-state index in [-0.39, 0.29) is 0 Å². The second-order valence-electron chi connectivity index (χ2n) is 4.35. The van der Waals surface area contributed by atoms with Gasteiger partial charge in [-0.25, -0.2) is 0 Å². The first kappa shape index (κ1) is 12.3. The van der Waals surface area contributed by atoms with Crippen LogP contribution in [0.4, 0.5) is 0 Å². The van der Waals surface area contributed by atoms with Crippen LogP contribution in [0.15, 0.2) is 18.2 Å². The molecule has 16 heavy (non-hydrogen) atoms. The smallest absolute Gasteiger partial charge is 0.123 e. The SMILES string of the molecule is Clc1ccc(OCC2CCCC2)c(CBr)c1. The highest BCUT2D eigenvalue weighted by Gasteiger charge is 2.16. The molecule has 3 heteroatoms. The molecule has 0 spiro atoms. The van der Waals surface area contributed by atoms with Crippen LogP contribution in [0.5, 0.6) is 5.75 Å². The molecule has 0 amide bonds. The molecule has 0 atom stereocenters. The normalized spacial score (nSPS) is 16.6. The van der Waals surface area contributed by atoms with Crippen LogP contribution < -0.4 is 4.74 Å². The van der Waals surface area contributed by atoms with Crippen molar-refractivity contribution in [2.45, 2.75) is 31.0 Å². The van der Waals surface area contributed by atoms with E-state index in [0.29, 0.717) is 0 Å². The predicted octanol–water partition coefficient (Wildman–Crippen LogP) is 4.80. The zero-order chi connectivity index (χ0) is 11.4. The summed E-state index contributed by atoms with van der Waals surface area (Å²) in [7, 11) is 0. The van der Waals surface area contributed by atoms with Crippen molar-refractivity contribution in [2.75, 3.05) is 6.61 Å². The fourth-order valence-electron chi connectivity index (χ4n) is 2.18. The van der Waals surface area contributed by atoms with Crippen molar-refractivity contribution < 1.29 is 4.74 Å². The van der Waals surface area contributed by atoms with Gasteiger partial charge in [0.25, 0.3) is 0 Å². The highest BCUT2D eigenvalue weighted by atomic mass is 79.9. The van der Waals surface area contributed by atoms with Gasteiger partial charge < -0.3 is 4.74 Å². The molecule has 0 saturated heterocycles. The Morgan fingerprint density at radius 3 is 2.75 bits per heavy atom. The number of ether oxygens (including phenoxy) is 1. The molecule has 1 nitrogen and oxygen atoms in total. The van der Waals surface area contributed by atoms with Crippen molar-refractivity contribution in [2.24, 2.45) is 5.92 Å². The average Bonchev–Trinajstić information content (AvgIpc) is 2.80. The summed E-state index contributed by atoms with van der Waals surface area (Å²) in [6.07, 6.45) is 5.36. The molecule has 88 valence electrons. The van der Waals surface area contributed by atoms with Crippen LogP contribution in [0.1, 0.15) is 31.2 Å². The Balaban J connectivity index is 1.97. The molecule has 0 N–H and O–H groups in total. The van der Waals surface area contributed by atoms with E-state index in [4.69, 9.17) is 16.3 Å². The Hall–Kier alpha value is -0.210. The Morgan fingerprint density at radius 2 is 2.06 bits per heavy atom. The van der Waals surface area contributed by atoms with E-state index in [0.717, 1.165) is 34.2 Å². The third-order valence-electron chi connectivity index (χ3n) is 3.12. The van der Waals surface area contributed by atoms with Crippen molar-refractivity contribution in [1.29, 1.82) is 0 Å². The topological polar surface area (TPSA) is 9.23 Å². The predicted molar refractivity (Wildman–Crippen MR) is 71.5 cm³/mol. The third kappa shape index (κ3) is 3.14. The second kappa shape index (κ2) is 5.92. The molecule has 0 aliphatic heterocycles. The summed E-state index contributed by atoms with van der Waals surface area (Å²) in [6, 6.07) is 5.81. The molecule has 0 radical (unpaired) electrons. The lowest BCUT2D eigenvalue weighted by Gasteiger charge is -2.14. The van der Waals surface area contributed by atoms with Crippen molar-refractivity contribution in [3.63, 3.8) is 0 Å². The molecule has 0 bridgehead atoms. The highest BCUT2D eigenvalue weighted by Crippen LogP contribution is 2.28. The van der Waals surface area contributed by atoms with Crippen LogP contribution in [0, 0.1) is 5.92 Å². The summed E-state index contributed by atoms with van der Waals surface area (Å²) in [4.78, 5) is 0. The summed E-state index contributed by atoms with van der Waals surface area (Å²) < 4.78 is 5.88. The van der Waals surface area contributed by atoms with Crippen LogP contribution in [-0.4, -0.2) is 6.61 Å². The summed E-state index contributed by atoms with van der Waals surface area (Å²) >= 11 is 9.40. The summed E-state index contributed by atoms with van der Waals surface area (Å²) in [5.41, 5.74) is 1.13. The number of hydrogen-bond donors (Lipinski definition) is 0. The Morgan fingerprint density at radius 1 is 1.31 bits per heavy atom. The van der Waals surface area contributed by atoms with Gasteiger partial charge in [-0.1, -0.05) is 40.4 Å². The summed E-state index contributed by atoms with van der Waals surface area (Å²) in [5, 5.41) is 1.55. The number of halogens is 2. The lowest BCUT2D eigenvalue weighted by molar-refractivity contribution is 0.250. The van der Waals surface area contributed by atoms with Crippen molar-refractivity contribution >= 4 is 27.5 Å². The molecular formula is C13H16BrClO. The van der Waals surface area contributed by atoms with Crippen molar-refractivity contribution in [3.8, 4) is 5.75 Å². The van der Waals surface area contributed by atoms with Gasteiger partial charge in [-0.15, -0.1) is 0 Å². The molecule has 1 aliphatic carbocycles. The maximum absolute atomic E-state index is 5.95. The van der Waals surface area contributed by atoms with Gasteiger partial charge in [0.15, 0.2) is 0 Å². The molecule has 0 aromatic heterocycles. The van der Waals surface area contributed by atoms with E-state index in [1.54, 1.807) is 0 Å². The third-order valence-corrected chi connectivity index (χ3v) is 3.95. The van der Waals surface area contributed by atoms with E-state index in [1.807, 2.05) is 18.2 Å². The number of hydrogen-bond acceptors (Lipinski definition) is 1. The minimum absolute atomic E-state index is 0.749. The number of alkyl halides is 1. The second-order valence-corrected chi connectivity index (χ2v) is 5.34. The zero-order valence-corrected chi connectivity index (χ0v) is 11.6. The highest BCUT2D eigenvalue weighted by molar-refractivity contribution is 9.08. The van der Waals surface area contributed by atoms with Crippen LogP contribution in [0.25, 0.3) is 0 Å². The maximum atomic E-state index is 5.95. The lowest BCUT2D eigenvalue weighted by Crippen LogP contribution is -2.08. The van der Waals surface area contributed by atoms with Gasteiger partial charge in [-0.3, -0.25) is 0 Å². The van der Waals surface area contributed by atoms with Gasteiger partial charge in [0.05, 0.1) is 6.61 Å². The van der Waals surface area contributed by atoms with Gasteiger partial charge in [0.2, 0.25) is 0 Å². The summed E-state index contributed by atoms with van der Waals surface area (Å²) in [5.74, 6) is 1.71. The molecule has 1 aromatic rings. The van der Waals surface area contributed by atoms with Crippen molar-refractivity contribution in [1.82, 2.24) is 0 Å². The van der Waals surface area contributed by atoms with Crippen LogP contribution >= 0.6 is 27.5 Å². The molecule has 2 rings (SSSR count). The minimum atomic E-state index is 0.749. The molecule has 1 saturated carbocycles. The fraction of sp³-hybridized carbons (Fsp3) is 0.538. The number of rotatable bonds is 4. The fourth-order valence-corrected chi connectivity index (χ4v) is 2.81. The number of benzene rings is 1. The van der Waals surface area contributed by atoms with Crippen LogP contribution in [-0.2, 0) is 5.33 Å². The lowest BCUT2D eigenvalue weighted by atomic mass is 10.1. The minimum Gasteiger partial charge on any atom is -0.493 e. The zero-order valence-electron chi connectivity index (χ0n) is 9.22. The molecule has 0 heterocycles. The Labute approximate surface area is 110 Å². The average molecular weight is 304 g/mol.